The van der Waals surface area contributed by atoms with Gasteiger partial charge in [0.2, 0.25) is 0 Å². The van der Waals surface area contributed by atoms with Gasteiger partial charge >= 0.3 is 0 Å². The summed E-state index contributed by atoms with van der Waals surface area (Å²) in [5, 5.41) is 2.11. The summed E-state index contributed by atoms with van der Waals surface area (Å²) in [4.78, 5) is 6.09. The number of thiophene rings is 1. The number of fused-ring (bicyclic) bond motifs is 1. The number of aromatic nitrogens is 2. The van der Waals surface area contributed by atoms with Crippen LogP contribution in [0, 0.1) is 6.92 Å². The third-order valence-corrected chi connectivity index (χ3v) is 4.71. The molecule has 0 amide bonds. The minimum atomic E-state index is 0.888. The van der Waals surface area contributed by atoms with Gasteiger partial charge in [-0.3, -0.25) is 0 Å². The lowest BCUT2D eigenvalue weighted by atomic mass is 10.1. The van der Waals surface area contributed by atoms with Gasteiger partial charge < -0.3 is 4.40 Å². The van der Waals surface area contributed by atoms with Crippen LogP contribution in [0.25, 0.3) is 16.2 Å². The lowest BCUT2D eigenvalue weighted by molar-refractivity contribution is 1.02. The molecule has 0 unspecified atom stereocenters. The lowest BCUT2D eigenvalue weighted by Crippen LogP contribution is -1.96. The minimum absolute atomic E-state index is 0.888. The Morgan fingerprint density at radius 2 is 1.86 bits per heavy atom. The first-order valence-electron chi connectivity index (χ1n) is 7.36. The van der Waals surface area contributed by atoms with Gasteiger partial charge in [0.1, 0.15) is 11.3 Å². The number of benzene rings is 1. The molecule has 3 heteroatoms. The van der Waals surface area contributed by atoms with Gasteiger partial charge in [-0.05, 0) is 35.6 Å². The van der Waals surface area contributed by atoms with E-state index in [-0.39, 0.29) is 0 Å². The molecule has 0 atom stereocenters. The summed E-state index contributed by atoms with van der Waals surface area (Å²) in [6, 6.07) is 19.0. The molecular formula is C19H16N2S. The summed E-state index contributed by atoms with van der Waals surface area (Å²) in [5.41, 5.74) is 5.93. The van der Waals surface area contributed by atoms with E-state index in [9.17, 15) is 0 Å². The zero-order valence-electron chi connectivity index (χ0n) is 12.4. The molecule has 108 valence electrons. The van der Waals surface area contributed by atoms with E-state index in [0.29, 0.717) is 0 Å². The van der Waals surface area contributed by atoms with E-state index < -0.39 is 0 Å². The molecule has 0 N–H and O–H groups in total. The molecular weight excluding hydrogens is 288 g/mol. The summed E-state index contributed by atoms with van der Waals surface area (Å²) in [5.74, 6) is 0. The normalized spacial score (nSPS) is 11.1. The molecule has 22 heavy (non-hydrogen) atoms. The molecule has 0 radical (unpaired) electrons. The smallest absolute Gasteiger partial charge is 0.137 e. The van der Waals surface area contributed by atoms with Crippen molar-refractivity contribution in [1.29, 1.82) is 0 Å². The SMILES string of the molecule is Cc1ccc2nc(-c3cccs3)c(Cc3ccccc3)n2c1. The Hall–Kier alpha value is -2.39. The van der Waals surface area contributed by atoms with Crippen molar-refractivity contribution in [3.8, 4) is 10.6 Å². The van der Waals surface area contributed by atoms with Crippen LogP contribution in [0.3, 0.4) is 0 Å². The Morgan fingerprint density at radius 3 is 2.64 bits per heavy atom. The molecule has 3 heterocycles. The Kier molecular flexibility index (Phi) is 3.28. The van der Waals surface area contributed by atoms with E-state index in [0.717, 1.165) is 17.8 Å². The first kappa shape index (κ1) is 13.3. The van der Waals surface area contributed by atoms with Crippen LogP contribution >= 0.6 is 11.3 Å². The van der Waals surface area contributed by atoms with Crippen molar-refractivity contribution >= 4 is 17.0 Å². The third kappa shape index (κ3) is 2.34. The maximum absolute atomic E-state index is 4.87. The molecule has 0 aliphatic heterocycles. The molecule has 1 aromatic carbocycles. The molecule has 0 saturated heterocycles. The van der Waals surface area contributed by atoms with Crippen molar-refractivity contribution in [3.63, 3.8) is 0 Å². The first-order chi connectivity index (χ1) is 10.8. The third-order valence-electron chi connectivity index (χ3n) is 3.83. The van der Waals surface area contributed by atoms with E-state index in [2.05, 4.69) is 77.5 Å². The quantitative estimate of drug-likeness (QED) is 0.523. The van der Waals surface area contributed by atoms with E-state index >= 15 is 0 Å². The van der Waals surface area contributed by atoms with Gasteiger partial charge in [-0.1, -0.05) is 42.5 Å². The molecule has 0 aliphatic carbocycles. The highest BCUT2D eigenvalue weighted by Crippen LogP contribution is 2.30. The van der Waals surface area contributed by atoms with Crippen LogP contribution in [0.2, 0.25) is 0 Å². The summed E-state index contributed by atoms with van der Waals surface area (Å²) in [6.45, 7) is 2.12. The molecule has 0 bridgehead atoms. The Morgan fingerprint density at radius 1 is 1.00 bits per heavy atom. The fourth-order valence-corrected chi connectivity index (χ4v) is 3.50. The second-order valence-corrected chi connectivity index (χ2v) is 6.43. The number of hydrogen-bond acceptors (Lipinski definition) is 2. The molecule has 4 aromatic rings. The number of pyridine rings is 1. The summed E-state index contributed by atoms with van der Waals surface area (Å²) >= 11 is 1.74. The molecule has 4 rings (SSSR count). The molecule has 2 nitrogen and oxygen atoms in total. The van der Waals surface area contributed by atoms with Crippen LogP contribution < -0.4 is 0 Å². The monoisotopic (exact) mass is 304 g/mol. The zero-order valence-corrected chi connectivity index (χ0v) is 13.2. The number of nitrogens with zero attached hydrogens (tertiary/aromatic N) is 2. The van der Waals surface area contributed by atoms with Gasteiger partial charge in [0.15, 0.2) is 0 Å². The second kappa shape index (κ2) is 5.43. The van der Waals surface area contributed by atoms with Crippen LogP contribution in [0.4, 0.5) is 0 Å². The fraction of sp³-hybridized carbons (Fsp3) is 0.105. The predicted octanol–water partition coefficient (Wildman–Crippen LogP) is 4.96. The lowest BCUT2D eigenvalue weighted by Gasteiger charge is -2.05. The second-order valence-electron chi connectivity index (χ2n) is 5.48. The number of imidazole rings is 1. The Labute approximate surface area is 133 Å². The highest BCUT2D eigenvalue weighted by atomic mass is 32.1. The van der Waals surface area contributed by atoms with Crippen molar-refractivity contribution in [1.82, 2.24) is 9.38 Å². The summed E-state index contributed by atoms with van der Waals surface area (Å²) in [6.07, 6.45) is 3.07. The minimum Gasteiger partial charge on any atom is -0.303 e. The molecule has 0 saturated carbocycles. The average Bonchev–Trinajstić information content (AvgIpc) is 3.17. The number of aryl methyl sites for hydroxylation is 1. The van der Waals surface area contributed by atoms with Crippen molar-refractivity contribution in [2.75, 3.05) is 0 Å². The predicted molar refractivity (Wildman–Crippen MR) is 92.5 cm³/mol. The van der Waals surface area contributed by atoms with Gasteiger partial charge in [-0.25, -0.2) is 4.98 Å². The fourth-order valence-electron chi connectivity index (χ4n) is 2.77. The first-order valence-corrected chi connectivity index (χ1v) is 8.24. The van der Waals surface area contributed by atoms with E-state index in [1.165, 1.54) is 21.7 Å². The van der Waals surface area contributed by atoms with Crippen molar-refractivity contribution in [3.05, 3.63) is 83.0 Å². The van der Waals surface area contributed by atoms with Crippen molar-refractivity contribution in [2.45, 2.75) is 13.3 Å². The van der Waals surface area contributed by atoms with Gasteiger partial charge in [0.05, 0.1) is 10.6 Å². The summed E-state index contributed by atoms with van der Waals surface area (Å²) < 4.78 is 2.23. The molecule has 3 aromatic heterocycles. The van der Waals surface area contributed by atoms with Gasteiger partial charge in [0, 0.05) is 12.6 Å². The van der Waals surface area contributed by atoms with Crippen LogP contribution in [0.5, 0.6) is 0 Å². The Balaban J connectivity index is 1.93. The Bertz CT molecular complexity index is 905. The van der Waals surface area contributed by atoms with Gasteiger partial charge in [-0.15, -0.1) is 11.3 Å². The van der Waals surface area contributed by atoms with Crippen LogP contribution in [0.1, 0.15) is 16.8 Å². The molecule has 0 fully saturated rings. The van der Waals surface area contributed by atoms with Crippen molar-refractivity contribution in [2.24, 2.45) is 0 Å². The van der Waals surface area contributed by atoms with Crippen LogP contribution in [0.15, 0.2) is 66.2 Å². The van der Waals surface area contributed by atoms with Gasteiger partial charge in [-0.2, -0.15) is 0 Å². The highest BCUT2D eigenvalue weighted by Gasteiger charge is 2.15. The average molecular weight is 304 g/mol. The number of rotatable bonds is 3. The van der Waals surface area contributed by atoms with E-state index in [1.54, 1.807) is 11.3 Å². The molecule has 0 spiro atoms. The standard InChI is InChI=1S/C19H16N2S/c1-14-9-10-18-20-19(17-8-5-11-22-17)16(21(18)13-14)12-15-6-3-2-4-7-15/h2-11,13H,12H2,1H3. The topological polar surface area (TPSA) is 17.3 Å². The molecule has 0 aliphatic rings. The largest absolute Gasteiger partial charge is 0.303 e. The highest BCUT2D eigenvalue weighted by molar-refractivity contribution is 7.13. The maximum atomic E-state index is 4.87. The van der Waals surface area contributed by atoms with Crippen LogP contribution in [-0.4, -0.2) is 9.38 Å². The summed E-state index contributed by atoms with van der Waals surface area (Å²) in [7, 11) is 0. The van der Waals surface area contributed by atoms with Crippen LogP contribution in [-0.2, 0) is 6.42 Å². The van der Waals surface area contributed by atoms with E-state index in [1.807, 2.05) is 0 Å². The zero-order chi connectivity index (χ0) is 14.9. The maximum Gasteiger partial charge on any atom is 0.137 e. The van der Waals surface area contributed by atoms with Crippen molar-refractivity contribution < 1.29 is 0 Å². The van der Waals surface area contributed by atoms with Gasteiger partial charge in [0.25, 0.3) is 0 Å². The van der Waals surface area contributed by atoms with E-state index in [4.69, 9.17) is 4.98 Å². The number of hydrogen-bond donors (Lipinski definition) is 0.